The molecule has 0 atom stereocenters. The molecule has 0 aliphatic heterocycles. The Morgan fingerprint density at radius 1 is 1.30 bits per heavy atom. The zero-order valence-electron chi connectivity index (χ0n) is 15.7. The summed E-state index contributed by atoms with van der Waals surface area (Å²) in [5.74, 6) is 0.0451. The van der Waals surface area contributed by atoms with Gasteiger partial charge in [-0.1, -0.05) is 18.5 Å². The number of hydrogen-bond donors (Lipinski definition) is 1. The first kappa shape index (κ1) is 20.6. The molecule has 2 aromatic rings. The standard InChI is InChI=1S/C19H22ClNO6/c1-5-6-26-17-15(20)7-12(8-16(17)25-4)18(22)21(3)10-13-9-14(19(23)24)11(2)27-13/h7-9H,5-6,10H2,1-4H3,(H,23,24). The normalized spacial score (nSPS) is 10.6. The van der Waals surface area contributed by atoms with Crippen LogP contribution in [0.25, 0.3) is 0 Å². The summed E-state index contributed by atoms with van der Waals surface area (Å²) in [5, 5.41) is 9.37. The molecular formula is C19H22ClNO6. The van der Waals surface area contributed by atoms with Crippen molar-refractivity contribution in [3.05, 3.63) is 45.9 Å². The lowest BCUT2D eigenvalue weighted by atomic mass is 10.1. The molecule has 27 heavy (non-hydrogen) atoms. The number of rotatable bonds is 8. The van der Waals surface area contributed by atoms with Gasteiger partial charge in [-0.15, -0.1) is 0 Å². The third-order valence-corrected chi connectivity index (χ3v) is 4.15. The average Bonchev–Trinajstić information content (AvgIpc) is 2.99. The molecule has 0 spiro atoms. The monoisotopic (exact) mass is 395 g/mol. The second kappa shape index (κ2) is 8.81. The van der Waals surface area contributed by atoms with Crippen molar-refractivity contribution < 1.29 is 28.6 Å². The zero-order chi connectivity index (χ0) is 20.1. The molecule has 0 saturated heterocycles. The molecule has 1 N–H and O–H groups in total. The number of furan rings is 1. The lowest BCUT2D eigenvalue weighted by molar-refractivity contribution is 0.0694. The van der Waals surface area contributed by atoms with Crippen LogP contribution in [0.4, 0.5) is 0 Å². The highest BCUT2D eigenvalue weighted by molar-refractivity contribution is 6.32. The summed E-state index contributed by atoms with van der Waals surface area (Å²) < 4.78 is 16.3. The van der Waals surface area contributed by atoms with E-state index in [1.165, 1.54) is 24.1 Å². The van der Waals surface area contributed by atoms with E-state index < -0.39 is 5.97 Å². The topological polar surface area (TPSA) is 89.2 Å². The van der Waals surface area contributed by atoms with Crippen LogP contribution >= 0.6 is 11.6 Å². The van der Waals surface area contributed by atoms with Gasteiger partial charge in [-0.3, -0.25) is 4.79 Å². The van der Waals surface area contributed by atoms with E-state index in [4.69, 9.17) is 30.6 Å². The fourth-order valence-corrected chi connectivity index (χ4v) is 2.81. The molecule has 0 bridgehead atoms. The summed E-state index contributed by atoms with van der Waals surface area (Å²) in [6.45, 7) is 4.13. The number of aryl methyl sites for hydroxylation is 1. The van der Waals surface area contributed by atoms with Crippen LogP contribution in [0.15, 0.2) is 22.6 Å². The molecule has 0 aliphatic rings. The molecule has 7 nitrogen and oxygen atoms in total. The Kier molecular flexibility index (Phi) is 6.74. The Balaban J connectivity index is 2.22. The molecule has 8 heteroatoms. The highest BCUT2D eigenvalue weighted by Gasteiger charge is 2.21. The van der Waals surface area contributed by atoms with Crippen molar-refractivity contribution in [1.29, 1.82) is 0 Å². The smallest absolute Gasteiger partial charge is 0.339 e. The first-order valence-corrected chi connectivity index (χ1v) is 8.74. The van der Waals surface area contributed by atoms with Crippen LogP contribution in [0.3, 0.4) is 0 Å². The molecule has 0 aliphatic carbocycles. The molecule has 146 valence electrons. The van der Waals surface area contributed by atoms with Gasteiger partial charge in [-0.2, -0.15) is 0 Å². The maximum absolute atomic E-state index is 12.7. The minimum absolute atomic E-state index is 0.0768. The van der Waals surface area contributed by atoms with Crippen molar-refractivity contribution in [2.45, 2.75) is 26.8 Å². The first-order valence-electron chi connectivity index (χ1n) is 8.36. The second-order valence-electron chi connectivity index (χ2n) is 5.99. The van der Waals surface area contributed by atoms with Gasteiger partial charge in [0, 0.05) is 12.6 Å². The van der Waals surface area contributed by atoms with Crippen molar-refractivity contribution in [1.82, 2.24) is 4.90 Å². The minimum atomic E-state index is -1.07. The fraction of sp³-hybridized carbons (Fsp3) is 0.368. The average molecular weight is 396 g/mol. The molecule has 1 aromatic carbocycles. The number of nitrogens with zero attached hydrogens (tertiary/aromatic N) is 1. The van der Waals surface area contributed by atoms with Gasteiger partial charge in [0.05, 0.1) is 25.3 Å². The summed E-state index contributed by atoms with van der Waals surface area (Å²) in [4.78, 5) is 25.2. The van der Waals surface area contributed by atoms with Crippen LogP contribution in [0, 0.1) is 6.92 Å². The SMILES string of the molecule is CCCOc1c(Cl)cc(C(=O)N(C)Cc2cc(C(=O)O)c(C)o2)cc1OC. The van der Waals surface area contributed by atoms with Crippen molar-refractivity contribution in [2.75, 3.05) is 20.8 Å². The lowest BCUT2D eigenvalue weighted by Gasteiger charge is -2.18. The molecule has 1 amide bonds. The number of amides is 1. The van der Waals surface area contributed by atoms with E-state index in [-0.39, 0.29) is 23.0 Å². The molecule has 0 radical (unpaired) electrons. The van der Waals surface area contributed by atoms with E-state index in [1.54, 1.807) is 20.0 Å². The van der Waals surface area contributed by atoms with E-state index in [0.717, 1.165) is 6.42 Å². The minimum Gasteiger partial charge on any atom is -0.493 e. The maximum atomic E-state index is 12.7. The lowest BCUT2D eigenvalue weighted by Crippen LogP contribution is -2.26. The van der Waals surface area contributed by atoms with Gasteiger partial charge < -0.3 is 23.9 Å². The van der Waals surface area contributed by atoms with E-state index in [0.29, 0.717) is 35.2 Å². The van der Waals surface area contributed by atoms with Crippen LogP contribution in [0.1, 0.15) is 45.6 Å². The zero-order valence-corrected chi connectivity index (χ0v) is 16.4. The van der Waals surface area contributed by atoms with Crippen LogP contribution in [0.5, 0.6) is 11.5 Å². The summed E-state index contributed by atoms with van der Waals surface area (Å²) in [5.41, 5.74) is 0.401. The number of methoxy groups -OCH3 is 1. The number of carbonyl (C=O) groups excluding carboxylic acids is 1. The Bertz CT molecular complexity index is 845. The number of ether oxygens (including phenoxy) is 2. The Labute approximate surface area is 162 Å². The number of aromatic carboxylic acids is 1. The fourth-order valence-electron chi connectivity index (χ4n) is 2.55. The molecule has 1 aromatic heterocycles. The second-order valence-corrected chi connectivity index (χ2v) is 6.39. The molecule has 0 unspecified atom stereocenters. The molecular weight excluding hydrogens is 374 g/mol. The van der Waals surface area contributed by atoms with Gasteiger partial charge in [0.1, 0.15) is 17.1 Å². The van der Waals surface area contributed by atoms with E-state index in [2.05, 4.69) is 0 Å². The van der Waals surface area contributed by atoms with E-state index in [9.17, 15) is 9.59 Å². The van der Waals surface area contributed by atoms with Crippen molar-refractivity contribution in [3.8, 4) is 11.5 Å². The van der Waals surface area contributed by atoms with Crippen molar-refractivity contribution in [2.24, 2.45) is 0 Å². The Morgan fingerprint density at radius 3 is 2.56 bits per heavy atom. The van der Waals surface area contributed by atoms with Crippen molar-refractivity contribution in [3.63, 3.8) is 0 Å². The Hall–Kier alpha value is -2.67. The first-order chi connectivity index (χ1) is 12.8. The number of halogens is 1. The quantitative estimate of drug-likeness (QED) is 0.726. The highest BCUT2D eigenvalue weighted by atomic mass is 35.5. The predicted molar refractivity (Wildman–Crippen MR) is 100.0 cm³/mol. The van der Waals surface area contributed by atoms with E-state index in [1.807, 2.05) is 6.92 Å². The molecule has 1 heterocycles. The maximum Gasteiger partial charge on any atom is 0.339 e. The van der Waals surface area contributed by atoms with Crippen LogP contribution in [-0.2, 0) is 6.54 Å². The van der Waals surface area contributed by atoms with Gasteiger partial charge in [0.2, 0.25) is 0 Å². The molecule has 2 rings (SSSR count). The van der Waals surface area contributed by atoms with Gasteiger partial charge in [0.15, 0.2) is 11.5 Å². The number of carboxylic acid groups (broad SMARTS) is 1. The van der Waals surface area contributed by atoms with Gasteiger partial charge >= 0.3 is 5.97 Å². The number of carbonyl (C=O) groups is 2. The third kappa shape index (κ3) is 4.74. The predicted octanol–water partition coefficient (Wildman–Crippen LogP) is 4.01. The molecule has 0 fully saturated rings. The highest BCUT2D eigenvalue weighted by Crippen LogP contribution is 2.37. The van der Waals surface area contributed by atoms with E-state index >= 15 is 0 Å². The van der Waals surface area contributed by atoms with Crippen molar-refractivity contribution >= 4 is 23.5 Å². The summed E-state index contributed by atoms with van der Waals surface area (Å²) in [6.07, 6.45) is 0.809. The summed E-state index contributed by atoms with van der Waals surface area (Å²) in [7, 11) is 3.06. The summed E-state index contributed by atoms with van der Waals surface area (Å²) >= 11 is 6.26. The van der Waals surface area contributed by atoms with Gasteiger partial charge in [-0.25, -0.2) is 4.79 Å². The largest absolute Gasteiger partial charge is 0.493 e. The summed E-state index contributed by atoms with van der Waals surface area (Å²) in [6, 6.07) is 4.49. The van der Waals surface area contributed by atoms with Crippen LogP contribution < -0.4 is 9.47 Å². The molecule has 0 saturated carbocycles. The van der Waals surface area contributed by atoms with Crippen LogP contribution in [0.2, 0.25) is 5.02 Å². The van der Waals surface area contributed by atoms with Crippen LogP contribution in [-0.4, -0.2) is 42.6 Å². The number of benzene rings is 1. The van der Waals surface area contributed by atoms with Gasteiger partial charge in [0.25, 0.3) is 5.91 Å². The van der Waals surface area contributed by atoms with Gasteiger partial charge in [-0.05, 0) is 31.5 Å². The third-order valence-electron chi connectivity index (χ3n) is 3.87. The number of carboxylic acids is 1. The Morgan fingerprint density at radius 2 is 2.00 bits per heavy atom. The number of hydrogen-bond acceptors (Lipinski definition) is 5.